The molecule has 0 spiro atoms. The summed E-state index contributed by atoms with van der Waals surface area (Å²) in [6, 6.07) is 15.3. The first-order valence-electron chi connectivity index (χ1n) is 10.3. The highest BCUT2D eigenvalue weighted by molar-refractivity contribution is 7.89. The molecule has 0 radical (unpaired) electrons. The van der Waals surface area contributed by atoms with E-state index in [0.717, 1.165) is 47.1 Å². The Morgan fingerprint density at radius 3 is 2.48 bits per heavy atom. The van der Waals surface area contributed by atoms with Gasteiger partial charge in [0.2, 0.25) is 10.0 Å². The van der Waals surface area contributed by atoms with Gasteiger partial charge in [-0.2, -0.15) is 9.41 Å². The van der Waals surface area contributed by atoms with Gasteiger partial charge in [0.1, 0.15) is 16.5 Å². The number of pyridine rings is 1. The van der Waals surface area contributed by atoms with Gasteiger partial charge < -0.3 is 4.74 Å². The standard InChI is InChI=1S/C23H26N4O3S/c1-17(18-6-7-20-15-21(30-2)9-8-19(20)14-18)25-26-23-11-10-22(16-24-23)31(28,29)27-12-4-3-5-13-27/h6-11,14-16H,3-5,12-13H2,1-2H3,(H,24,26)/b25-17+. The van der Waals surface area contributed by atoms with Crippen LogP contribution in [0.5, 0.6) is 5.75 Å². The number of hydrogen-bond acceptors (Lipinski definition) is 6. The lowest BCUT2D eigenvalue weighted by atomic mass is 10.0. The molecule has 1 aromatic heterocycles. The Labute approximate surface area is 182 Å². The molecular formula is C23H26N4O3S. The van der Waals surface area contributed by atoms with E-state index >= 15 is 0 Å². The quantitative estimate of drug-likeness (QED) is 0.459. The molecule has 2 heterocycles. The summed E-state index contributed by atoms with van der Waals surface area (Å²) in [7, 11) is -1.83. The molecule has 3 aromatic rings. The fourth-order valence-corrected chi connectivity index (χ4v) is 5.10. The first kappa shape index (κ1) is 21.3. The van der Waals surface area contributed by atoms with Crippen LogP contribution in [-0.2, 0) is 10.0 Å². The second kappa shape index (κ2) is 9.03. The van der Waals surface area contributed by atoms with E-state index in [9.17, 15) is 8.42 Å². The predicted octanol–water partition coefficient (Wildman–Crippen LogP) is 4.25. The first-order chi connectivity index (χ1) is 15.0. The van der Waals surface area contributed by atoms with Crippen LogP contribution in [-0.4, -0.2) is 43.6 Å². The fourth-order valence-electron chi connectivity index (χ4n) is 3.63. The molecule has 31 heavy (non-hydrogen) atoms. The number of rotatable bonds is 6. The van der Waals surface area contributed by atoms with E-state index < -0.39 is 10.0 Å². The molecule has 1 fully saturated rings. The van der Waals surface area contributed by atoms with Crippen LogP contribution in [0, 0.1) is 0 Å². The zero-order valence-corrected chi connectivity index (χ0v) is 18.5. The number of ether oxygens (including phenoxy) is 1. The van der Waals surface area contributed by atoms with E-state index in [0.29, 0.717) is 18.9 Å². The molecule has 0 bridgehead atoms. The molecule has 0 atom stereocenters. The maximum atomic E-state index is 12.7. The highest BCUT2D eigenvalue weighted by Crippen LogP contribution is 2.23. The van der Waals surface area contributed by atoms with Crippen LogP contribution >= 0.6 is 0 Å². The summed E-state index contributed by atoms with van der Waals surface area (Å²) >= 11 is 0. The Balaban J connectivity index is 1.47. The van der Waals surface area contributed by atoms with E-state index in [1.807, 2.05) is 37.3 Å². The zero-order valence-electron chi connectivity index (χ0n) is 17.7. The van der Waals surface area contributed by atoms with Crippen LogP contribution < -0.4 is 10.2 Å². The predicted molar refractivity (Wildman–Crippen MR) is 123 cm³/mol. The van der Waals surface area contributed by atoms with Gasteiger partial charge in [-0.15, -0.1) is 0 Å². The second-order valence-corrected chi connectivity index (χ2v) is 9.52. The average Bonchev–Trinajstić information content (AvgIpc) is 2.82. The third kappa shape index (κ3) is 4.70. The molecule has 8 heteroatoms. The Bertz CT molecular complexity index is 1200. The number of sulfonamides is 1. The summed E-state index contributed by atoms with van der Waals surface area (Å²) in [6.45, 7) is 3.06. The number of anilines is 1. The van der Waals surface area contributed by atoms with Gasteiger partial charge in [-0.25, -0.2) is 13.4 Å². The normalized spacial score (nSPS) is 15.7. The number of hydrogen-bond donors (Lipinski definition) is 1. The van der Waals surface area contributed by atoms with E-state index in [4.69, 9.17) is 4.74 Å². The molecule has 162 valence electrons. The van der Waals surface area contributed by atoms with Crippen molar-refractivity contribution in [1.82, 2.24) is 9.29 Å². The number of benzene rings is 2. The summed E-state index contributed by atoms with van der Waals surface area (Å²) in [5, 5.41) is 6.60. The van der Waals surface area contributed by atoms with Gasteiger partial charge in [0.25, 0.3) is 0 Å². The lowest BCUT2D eigenvalue weighted by Crippen LogP contribution is -2.35. The minimum Gasteiger partial charge on any atom is -0.497 e. The molecule has 4 rings (SSSR count). The highest BCUT2D eigenvalue weighted by atomic mass is 32.2. The Morgan fingerprint density at radius 2 is 1.77 bits per heavy atom. The maximum Gasteiger partial charge on any atom is 0.244 e. The van der Waals surface area contributed by atoms with Gasteiger partial charge in [-0.3, -0.25) is 5.43 Å². The van der Waals surface area contributed by atoms with Gasteiger partial charge in [0, 0.05) is 19.3 Å². The van der Waals surface area contributed by atoms with Crippen molar-refractivity contribution >= 4 is 32.3 Å². The van der Waals surface area contributed by atoms with Crippen LogP contribution in [0.4, 0.5) is 5.82 Å². The SMILES string of the molecule is COc1ccc2cc(/C(C)=N/Nc3ccc(S(=O)(=O)N4CCCCC4)cn3)ccc2c1. The third-order valence-electron chi connectivity index (χ3n) is 5.49. The van der Waals surface area contributed by atoms with Crippen molar-refractivity contribution in [2.24, 2.45) is 5.10 Å². The van der Waals surface area contributed by atoms with Crippen molar-refractivity contribution in [3.05, 3.63) is 60.3 Å². The van der Waals surface area contributed by atoms with E-state index in [-0.39, 0.29) is 4.90 Å². The summed E-state index contributed by atoms with van der Waals surface area (Å²) < 4.78 is 32.3. The van der Waals surface area contributed by atoms with Crippen LogP contribution in [0.2, 0.25) is 0 Å². The molecule has 2 aromatic carbocycles. The number of fused-ring (bicyclic) bond motifs is 1. The molecular weight excluding hydrogens is 412 g/mol. The minimum absolute atomic E-state index is 0.214. The van der Waals surface area contributed by atoms with Crippen molar-refractivity contribution in [3.63, 3.8) is 0 Å². The van der Waals surface area contributed by atoms with Gasteiger partial charge in [-0.1, -0.05) is 24.6 Å². The lowest BCUT2D eigenvalue weighted by Gasteiger charge is -2.25. The fraction of sp³-hybridized carbons (Fsp3) is 0.304. The molecule has 0 saturated carbocycles. The minimum atomic E-state index is -3.48. The van der Waals surface area contributed by atoms with Crippen molar-refractivity contribution < 1.29 is 13.2 Å². The Hall–Kier alpha value is -2.97. The van der Waals surface area contributed by atoms with Crippen molar-refractivity contribution in [2.45, 2.75) is 31.1 Å². The second-order valence-electron chi connectivity index (χ2n) is 7.58. The Morgan fingerprint density at radius 1 is 1.03 bits per heavy atom. The van der Waals surface area contributed by atoms with E-state index in [1.54, 1.807) is 19.2 Å². The topological polar surface area (TPSA) is 83.9 Å². The number of piperidine rings is 1. The van der Waals surface area contributed by atoms with Crippen LogP contribution in [0.15, 0.2) is 64.7 Å². The highest BCUT2D eigenvalue weighted by Gasteiger charge is 2.26. The monoisotopic (exact) mass is 438 g/mol. The number of nitrogens with one attached hydrogen (secondary N) is 1. The molecule has 1 N–H and O–H groups in total. The molecule has 0 amide bonds. The number of hydrazone groups is 1. The first-order valence-corrected chi connectivity index (χ1v) is 11.8. The van der Waals surface area contributed by atoms with Crippen LogP contribution in [0.1, 0.15) is 31.7 Å². The van der Waals surface area contributed by atoms with E-state index in [1.165, 1.54) is 10.5 Å². The molecule has 1 aliphatic heterocycles. The molecule has 1 saturated heterocycles. The van der Waals surface area contributed by atoms with Crippen LogP contribution in [0.3, 0.4) is 0 Å². The Kier molecular flexibility index (Phi) is 6.20. The molecule has 1 aliphatic rings. The van der Waals surface area contributed by atoms with Gasteiger partial charge >= 0.3 is 0 Å². The smallest absolute Gasteiger partial charge is 0.244 e. The van der Waals surface area contributed by atoms with Crippen molar-refractivity contribution in [2.75, 3.05) is 25.6 Å². The number of methoxy groups -OCH3 is 1. The number of aromatic nitrogens is 1. The van der Waals surface area contributed by atoms with Crippen molar-refractivity contribution in [1.29, 1.82) is 0 Å². The average molecular weight is 439 g/mol. The van der Waals surface area contributed by atoms with Gasteiger partial charge in [0.05, 0.1) is 12.8 Å². The lowest BCUT2D eigenvalue weighted by molar-refractivity contribution is 0.346. The molecule has 0 aliphatic carbocycles. The van der Waals surface area contributed by atoms with Crippen molar-refractivity contribution in [3.8, 4) is 5.75 Å². The third-order valence-corrected chi connectivity index (χ3v) is 7.37. The molecule has 0 unspecified atom stereocenters. The van der Waals surface area contributed by atoms with Crippen LogP contribution in [0.25, 0.3) is 10.8 Å². The number of nitrogens with zero attached hydrogens (tertiary/aromatic N) is 3. The largest absolute Gasteiger partial charge is 0.497 e. The zero-order chi connectivity index (χ0) is 21.8. The molecule has 7 nitrogen and oxygen atoms in total. The van der Waals surface area contributed by atoms with Gasteiger partial charge in [-0.05, 0) is 66.4 Å². The summed E-state index contributed by atoms with van der Waals surface area (Å²) in [6.07, 6.45) is 4.28. The van der Waals surface area contributed by atoms with Gasteiger partial charge in [0.15, 0.2) is 0 Å². The van der Waals surface area contributed by atoms with E-state index in [2.05, 4.69) is 21.6 Å². The summed E-state index contributed by atoms with van der Waals surface area (Å²) in [5.41, 5.74) is 4.69. The maximum absolute atomic E-state index is 12.7. The summed E-state index contributed by atoms with van der Waals surface area (Å²) in [4.78, 5) is 4.45. The summed E-state index contributed by atoms with van der Waals surface area (Å²) in [5.74, 6) is 1.31.